The van der Waals surface area contributed by atoms with Gasteiger partial charge in [-0.1, -0.05) is 6.92 Å². The Balaban J connectivity index is 2.56. The van der Waals surface area contributed by atoms with Crippen molar-refractivity contribution >= 4 is 0 Å². The van der Waals surface area contributed by atoms with Crippen molar-refractivity contribution in [1.29, 1.82) is 0 Å². The molecule has 0 atom stereocenters. The summed E-state index contributed by atoms with van der Waals surface area (Å²) in [7, 11) is 0. The maximum Gasteiger partial charge on any atom is 0.252 e. The largest absolute Gasteiger partial charge is 0.323 e. The van der Waals surface area contributed by atoms with Crippen LogP contribution in [0.3, 0.4) is 0 Å². The van der Waals surface area contributed by atoms with Crippen LogP contribution < -0.4 is 4.57 Å². The summed E-state index contributed by atoms with van der Waals surface area (Å²) < 4.78 is 7.53. The molecule has 0 radical (unpaired) electrons. The van der Waals surface area contributed by atoms with Gasteiger partial charge in [-0.05, 0) is 26.3 Å². The third-order valence-corrected chi connectivity index (χ3v) is 1.78. The van der Waals surface area contributed by atoms with Crippen LogP contribution in [-0.4, -0.2) is 6.61 Å². The fourth-order valence-corrected chi connectivity index (χ4v) is 1.38. The zero-order valence-corrected chi connectivity index (χ0v) is 8.71. The lowest BCUT2D eigenvalue weighted by Gasteiger charge is -2.00. The van der Waals surface area contributed by atoms with Gasteiger partial charge in [0.15, 0.2) is 12.4 Å². The molecule has 0 saturated heterocycles. The third kappa shape index (κ3) is 3.55. The molecule has 1 rings (SSSR count). The molecule has 0 bridgehead atoms. The summed E-state index contributed by atoms with van der Waals surface area (Å²) in [5.41, 5.74) is 2.56. The van der Waals surface area contributed by atoms with E-state index in [1.165, 1.54) is 11.1 Å². The van der Waals surface area contributed by atoms with Crippen molar-refractivity contribution in [2.45, 2.75) is 33.9 Å². The fraction of sp³-hybridized carbons (Fsp3) is 0.545. The predicted octanol–water partition coefficient (Wildman–Crippen LogP) is 1.98. The van der Waals surface area contributed by atoms with Crippen molar-refractivity contribution in [3.05, 3.63) is 29.6 Å². The van der Waals surface area contributed by atoms with Crippen molar-refractivity contribution in [2.24, 2.45) is 0 Å². The number of nitrogens with zero attached hydrogens (tertiary/aromatic N) is 1. The highest BCUT2D eigenvalue weighted by Crippen LogP contribution is 1.97. The van der Waals surface area contributed by atoms with E-state index < -0.39 is 0 Å². The highest BCUT2D eigenvalue weighted by molar-refractivity contribution is 5.11. The Morgan fingerprint density at radius 2 is 1.85 bits per heavy atom. The summed E-state index contributed by atoms with van der Waals surface area (Å²) in [6, 6.07) is 2.16. The van der Waals surface area contributed by atoms with Gasteiger partial charge in [0.25, 0.3) is 6.73 Å². The highest BCUT2D eigenvalue weighted by atomic mass is 16.5. The molecule has 1 heterocycles. The standard InChI is InChI=1S/C11H18NO/c1-4-5-13-9-12-7-10(2)6-11(3)8-12/h6-8H,4-5,9H2,1-3H3/q+1. The molecule has 0 aliphatic carbocycles. The maximum absolute atomic E-state index is 5.44. The van der Waals surface area contributed by atoms with Gasteiger partial charge in [-0.15, -0.1) is 0 Å². The van der Waals surface area contributed by atoms with Crippen LogP contribution >= 0.6 is 0 Å². The van der Waals surface area contributed by atoms with Crippen molar-refractivity contribution in [3.8, 4) is 0 Å². The number of ether oxygens (including phenoxy) is 1. The van der Waals surface area contributed by atoms with Crippen LogP contribution in [0.4, 0.5) is 0 Å². The van der Waals surface area contributed by atoms with Crippen LogP contribution in [0.15, 0.2) is 18.5 Å². The van der Waals surface area contributed by atoms with Crippen LogP contribution in [0.5, 0.6) is 0 Å². The van der Waals surface area contributed by atoms with Crippen molar-refractivity contribution < 1.29 is 9.30 Å². The molecule has 0 fully saturated rings. The van der Waals surface area contributed by atoms with Gasteiger partial charge in [-0.2, -0.15) is 4.57 Å². The van der Waals surface area contributed by atoms with E-state index in [1.54, 1.807) is 0 Å². The molecule has 0 spiro atoms. The lowest BCUT2D eigenvalue weighted by atomic mass is 10.2. The van der Waals surface area contributed by atoms with E-state index in [9.17, 15) is 0 Å². The molecule has 0 aromatic carbocycles. The molecule has 0 saturated carbocycles. The summed E-state index contributed by atoms with van der Waals surface area (Å²) in [6.45, 7) is 7.81. The number of rotatable bonds is 4. The molecule has 2 nitrogen and oxygen atoms in total. The van der Waals surface area contributed by atoms with E-state index in [4.69, 9.17) is 4.74 Å². The molecule has 0 unspecified atom stereocenters. The van der Waals surface area contributed by atoms with Gasteiger partial charge >= 0.3 is 0 Å². The SMILES string of the molecule is CCCOC[n+]1cc(C)cc(C)c1. The van der Waals surface area contributed by atoms with Gasteiger partial charge in [0.2, 0.25) is 0 Å². The van der Waals surface area contributed by atoms with Crippen molar-refractivity contribution in [3.63, 3.8) is 0 Å². The maximum atomic E-state index is 5.44. The van der Waals surface area contributed by atoms with Crippen molar-refractivity contribution in [2.75, 3.05) is 6.61 Å². The first-order valence-corrected chi connectivity index (χ1v) is 4.77. The van der Waals surface area contributed by atoms with Crippen LogP contribution in [-0.2, 0) is 11.5 Å². The summed E-state index contributed by atoms with van der Waals surface area (Å²) >= 11 is 0. The van der Waals surface area contributed by atoms with E-state index >= 15 is 0 Å². The molecule has 2 heteroatoms. The molecular weight excluding hydrogens is 162 g/mol. The minimum atomic E-state index is 0.663. The first kappa shape index (κ1) is 10.2. The van der Waals surface area contributed by atoms with E-state index in [0.29, 0.717) is 6.73 Å². The molecule has 0 aliphatic rings. The Morgan fingerprint density at radius 3 is 2.38 bits per heavy atom. The Bertz CT molecular complexity index is 251. The van der Waals surface area contributed by atoms with Gasteiger partial charge in [-0.3, -0.25) is 0 Å². The van der Waals surface area contributed by atoms with Crippen LogP contribution in [0.25, 0.3) is 0 Å². The molecule has 0 aliphatic heterocycles. The average Bonchev–Trinajstić information content (AvgIpc) is 2.03. The summed E-state index contributed by atoms with van der Waals surface area (Å²) in [5.74, 6) is 0. The topological polar surface area (TPSA) is 13.1 Å². The fourth-order valence-electron chi connectivity index (χ4n) is 1.38. The molecule has 0 N–H and O–H groups in total. The zero-order chi connectivity index (χ0) is 9.68. The Kier molecular flexibility index (Phi) is 3.90. The number of pyridine rings is 1. The van der Waals surface area contributed by atoms with Crippen LogP contribution in [0.1, 0.15) is 24.5 Å². The lowest BCUT2D eigenvalue weighted by molar-refractivity contribution is -0.733. The summed E-state index contributed by atoms with van der Waals surface area (Å²) in [6.07, 6.45) is 5.27. The normalized spacial score (nSPS) is 10.4. The second kappa shape index (κ2) is 4.97. The number of aryl methyl sites for hydroxylation is 2. The minimum Gasteiger partial charge on any atom is -0.323 e. The summed E-state index contributed by atoms with van der Waals surface area (Å²) in [4.78, 5) is 0. The van der Waals surface area contributed by atoms with E-state index in [2.05, 4.69) is 43.8 Å². The zero-order valence-electron chi connectivity index (χ0n) is 8.71. The summed E-state index contributed by atoms with van der Waals surface area (Å²) in [5, 5.41) is 0. The quantitative estimate of drug-likeness (QED) is 0.510. The monoisotopic (exact) mass is 180 g/mol. The first-order chi connectivity index (χ1) is 6.22. The Morgan fingerprint density at radius 1 is 1.23 bits per heavy atom. The number of aromatic nitrogens is 1. The molecule has 72 valence electrons. The number of hydrogen-bond acceptors (Lipinski definition) is 1. The van der Waals surface area contributed by atoms with Gasteiger partial charge < -0.3 is 4.74 Å². The Labute approximate surface area is 80.2 Å². The van der Waals surface area contributed by atoms with Crippen molar-refractivity contribution in [1.82, 2.24) is 0 Å². The van der Waals surface area contributed by atoms with Gasteiger partial charge in [-0.25, -0.2) is 0 Å². The second-order valence-electron chi connectivity index (χ2n) is 3.44. The van der Waals surface area contributed by atoms with E-state index in [1.807, 2.05) is 0 Å². The molecular formula is C11H18NO+. The minimum absolute atomic E-state index is 0.663. The van der Waals surface area contributed by atoms with Crippen LogP contribution in [0.2, 0.25) is 0 Å². The molecule has 13 heavy (non-hydrogen) atoms. The van der Waals surface area contributed by atoms with E-state index in [0.717, 1.165) is 13.0 Å². The van der Waals surface area contributed by atoms with Crippen LogP contribution in [0, 0.1) is 13.8 Å². The third-order valence-electron chi connectivity index (χ3n) is 1.78. The van der Waals surface area contributed by atoms with Gasteiger partial charge in [0, 0.05) is 11.1 Å². The molecule has 0 amide bonds. The average molecular weight is 180 g/mol. The van der Waals surface area contributed by atoms with E-state index in [-0.39, 0.29) is 0 Å². The van der Waals surface area contributed by atoms with Gasteiger partial charge in [0.1, 0.15) is 0 Å². The first-order valence-electron chi connectivity index (χ1n) is 4.77. The Hall–Kier alpha value is -0.890. The lowest BCUT2D eigenvalue weighted by Crippen LogP contribution is -2.35. The second-order valence-corrected chi connectivity index (χ2v) is 3.44. The number of hydrogen-bond donors (Lipinski definition) is 0. The highest BCUT2D eigenvalue weighted by Gasteiger charge is 2.01. The van der Waals surface area contributed by atoms with Gasteiger partial charge in [0.05, 0.1) is 6.61 Å². The molecule has 1 aromatic rings. The smallest absolute Gasteiger partial charge is 0.252 e. The predicted molar refractivity (Wildman–Crippen MR) is 52.4 cm³/mol. The molecule has 1 aromatic heterocycles.